The molecule has 0 fully saturated rings. The van der Waals surface area contributed by atoms with Crippen molar-refractivity contribution in [2.45, 2.75) is 45.6 Å². The topological polar surface area (TPSA) is 57.0 Å². The highest BCUT2D eigenvalue weighted by molar-refractivity contribution is 5.72. The molecular formula is C12H19N3O2. The van der Waals surface area contributed by atoms with Crippen LogP contribution in [0.2, 0.25) is 0 Å². The Morgan fingerprint density at radius 3 is 2.71 bits per heavy atom. The number of aromatic nitrogens is 3. The van der Waals surface area contributed by atoms with Gasteiger partial charge in [0, 0.05) is 18.4 Å². The van der Waals surface area contributed by atoms with E-state index in [2.05, 4.69) is 35.5 Å². The average Bonchev–Trinajstić information content (AvgIpc) is 2.70. The molecule has 5 heteroatoms. The van der Waals surface area contributed by atoms with Gasteiger partial charge in [0.1, 0.15) is 11.6 Å². The highest BCUT2D eigenvalue weighted by atomic mass is 16.5. The number of hydrogen-bond acceptors (Lipinski definition) is 4. The number of nitrogens with zero attached hydrogens (tertiary/aromatic N) is 3. The summed E-state index contributed by atoms with van der Waals surface area (Å²) in [6.45, 7) is 6.95. The van der Waals surface area contributed by atoms with E-state index in [4.69, 9.17) is 4.74 Å². The highest BCUT2D eigenvalue weighted by Gasteiger charge is 2.31. The monoisotopic (exact) mass is 237 g/mol. The van der Waals surface area contributed by atoms with Crippen LogP contribution in [0.5, 0.6) is 0 Å². The van der Waals surface area contributed by atoms with Crippen LogP contribution >= 0.6 is 0 Å². The van der Waals surface area contributed by atoms with Crippen LogP contribution in [0.1, 0.15) is 38.8 Å². The van der Waals surface area contributed by atoms with Crippen LogP contribution < -0.4 is 0 Å². The number of fused-ring (bicyclic) bond motifs is 1. The van der Waals surface area contributed by atoms with E-state index in [-0.39, 0.29) is 17.3 Å². The van der Waals surface area contributed by atoms with Gasteiger partial charge in [0.15, 0.2) is 0 Å². The summed E-state index contributed by atoms with van der Waals surface area (Å²) >= 11 is 0. The Hall–Kier alpha value is -1.39. The fourth-order valence-corrected chi connectivity index (χ4v) is 2.24. The summed E-state index contributed by atoms with van der Waals surface area (Å²) in [5.74, 6) is 1.73. The molecule has 0 bridgehead atoms. The lowest BCUT2D eigenvalue weighted by Crippen LogP contribution is -2.31. The molecule has 1 aliphatic heterocycles. The summed E-state index contributed by atoms with van der Waals surface area (Å²) < 4.78 is 6.89. The van der Waals surface area contributed by atoms with E-state index in [9.17, 15) is 4.79 Å². The Morgan fingerprint density at radius 1 is 1.41 bits per heavy atom. The summed E-state index contributed by atoms with van der Waals surface area (Å²) in [6.07, 6.45) is 1.60. The molecule has 1 aliphatic rings. The van der Waals surface area contributed by atoms with Gasteiger partial charge < -0.3 is 9.30 Å². The standard InChI is InChI=1S/C12H19N3O2/c1-12(2,3)11-14-13-9-6-5-8(7-15(9)11)10(16)17-4/h8H,5-7H2,1-4H3/t8-/m1/s1. The number of esters is 1. The van der Waals surface area contributed by atoms with Crippen molar-refractivity contribution < 1.29 is 9.53 Å². The second-order valence-electron chi connectivity index (χ2n) is 5.56. The summed E-state index contributed by atoms with van der Waals surface area (Å²) in [5.41, 5.74) is -0.0523. The molecule has 0 aliphatic carbocycles. The number of aryl methyl sites for hydroxylation is 1. The van der Waals surface area contributed by atoms with Crippen LogP contribution in [0.4, 0.5) is 0 Å². The van der Waals surface area contributed by atoms with E-state index < -0.39 is 0 Å². The average molecular weight is 237 g/mol. The maximum atomic E-state index is 11.6. The minimum atomic E-state index is -0.135. The zero-order valence-corrected chi connectivity index (χ0v) is 10.9. The quantitative estimate of drug-likeness (QED) is 0.691. The Balaban J connectivity index is 2.29. The molecule has 0 N–H and O–H groups in total. The van der Waals surface area contributed by atoms with Gasteiger partial charge in [-0.25, -0.2) is 0 Å². The van der Waals surface area contributed by atoms with E-state index in [0.717, 1.165) is 24.5 Å². The molecule has 1 aromatic rings. The first-order valence-electron chi connectivity index (χ1n) is 5.94. The van der Waals surface area contributed by atoms with Crippen molar-refractivity contribution in [3.8, 4) is 0 Å². The summed E-state index contributed by atoms with van der Waals surface area (Å²) in [4.78, 5) is 11.6. The van der Waals surface area contributed by atoms with E-state index in [0.29, 0.717) is 6.54 Å². The fourth-order valence-electron chi connectivity index (χ4n) is 2.24. The van der Waals surface area contributed by atoms with Gasteiger partial charge in [0.25, 0.3) is 0 Å². The Bertz CT molecular complexity index is 431. The van der Waals surface area contributed by atoms with Crippen LogP contribution in [0.15, 0.2) is 0 Å². The maximum Gasteiger partial charge on any atom is 0.310 e. The number of hydrogen-bond donors (Lipinski definition) is 0. The third-order valence-electron chi connectivity index (χ3n) is 3.15. The van der Waals surface area contributed by atoms with Gasteiger partial charge in [-0.3, -0.25) is 4.79 Å². The molecule has 0 saturated carbocycles. The van der Waals surface area contributed by atoms with Crippen LogP contribution in [-0.2, 0) is 27.9 Å². The molecule has 1 aromatic heterocycles. The van der Waals surface area contributed by atoms with Crippen LogP contribution in [0, 0.1) is 5.92 Å². The molecule has 17 heavy (non-hydrogen) atoms. The van der Waals surface area contributed by atoms with Gasteiger partial charge in [-0.2, -0.15) is 0 Å². The second-order valence-corrected chi connectivity index (χ2v) is 5.56. The zero-order chi connectivity index (χ0) is 12.6. The van der Waals surface area contributed by atoms with E-state index in [1.807, 2.05) is 0 Å². The third kappa shape index (κ3) is 2.18. The molecule has 1 atom stereocenters. The van der Waals surface area contributed by atoms with Crippen molar-refractivity contribution in [3.63, 3.8) is 0 Å². The van der Waals surface area contributed by atoms with E-state index in [1.165, 1.54) is 7.11 Å². The molecule has 0 amide bonds. The normalized spacial score (nSPS) is 19.9. The second kappa shape index (κ2) is 4.13. The predicted octanol–water partition coefficient (Wildman–Crippen LogP) is 1.31. The molecule has 2 heterocycles. The number of ether oxygens (including phenoxy) is 1. The van der Waals surface area contributed by atoms with Gasteiger partial charge in [0.05, 0.1) is 13.0 Å². The lowest BCUT2D eigenvalue weighted by Gasteiger charge is -2.26. The SMILES string of the molecule is COC(=O)[C@@H]1CCc2nnc(C(C)(C)C)n2C1. The molecular weight excluding hydrogens is 218 g/mol. The van der Waals surface area contributed by atoms with Gasteiger partial charge in [0.2, 0.25) is 0 Å². The molecule has 94 valence electrons. The summed E-state index contributed by atoms with van der Waals surface area (Å²) in [6, 6.07) is 0. The minimum absolute atomic E-state index is 0.0523. The molecule has 0 spiro atoms. The Labute approximate surface area is 101 Å². The van der Waals surface area contributed by atoms with E-state index in [1.54, 1.807) is 0 Å². The van der Waals surface area contributed by atoms with Gasteiger partial charge in [-0.1, -0.05) is 20.8 Å². The van der Waals surface area contributed by atoms with Gasteiger partial charge in [-0.15, -0.1) is 10.2 Å². The van der Waals surface area contributed by atoms with Crippen LogP contribution in [0.25, 0.3) is 0 Å². The maximum absolute atomic E-state index is 11.6. The van der Waals surface area contributed by atoms with Crippen LogP contribution in [0.3, 0.4) is 0 Å². The van der Waals surface area contributed by atoms with Gasteiger partial charge in [-0.05, 0) is 6.42 Å². The minimum Gasteiger partial charge on any atom is -0.469 e. The summed E-state index contributed by atoms with van der Waals surface area (Å²) in [7, 11) is 1.44. The number of carbonyl (C=O) groups is 1. The fraction of sp³-hybridized carbons (Fsp3) is 0.750. The lowest BCUT2D eigenvalue weighted by molar-refractivity contribution is -0.146. The Kier molecular flexibility index (Phi) is 2.93. The van der Waals surface area contributed by atoms with Crippen molar-refractivity contribution in [1.29, 1.82) is 0 Å². The van der Waals surface area contributed by atoms with E-state index >= 15 is 0 Å². The predicted molar refractivity (Wildman–Crippen MR) is 62.5 cm³/mol. The zero-order valence-electron chi connectivity index (χ0n) is 10.9. The molecule has 0 aromatic carbocycles. The first-order valence-corrected chi connectivity index (χ1v) is 5.94. The van der Waals surface area contributed by atoms with Crippen molar-refractivity contribution in [1.82, 2.24) is 14.8 Å². The van der Waals surface area contributed by atoms with Crippen molar-refractivity contribution >= 4 is 5.97 Å². The van der Waals surface area contributed by atoms with Crippen molar-refractivity contribution in [2.75, 3.05) is 7.11 Å². The highest BCUT2D eigenvalue weighted by Crippen LogP contribution is 2.27. The molecule has 0 unspecified atom stereocenters. The molecule has 0 radical (unpaired) electrons. The first-order chi connectivity index (χ1) is 7.93. The molecule has 5 nitrogen and oxygen atoms in total. The van der Waals surface area contributed by atoms with Gasteiger partial charge >= 0.3 is 5.97 Å². The third-order valence-corrected chi connectivity index (χ3v) is 3.15. The van der Waals surface area contributed by atoms with Crippen molar-refractivity contribution in [3.05, 3.63) is 11.6 Å². The number of methoxy groups -OCH3 is 1. The summed E-state index contributed by atoms with van der Waals surface area (Å²) in [5, 5.41) is 8.45. The Morgan fingerprint density at radius 2 is 2.12 bits per heavy atom. The smallest absolute Gasteiger partial charge is 0.310 e. The molecule has 0 saturated heterocycles. The first kappa shape index (κ1) is 12.1. The number of rotatable bonds is 1. The number of carbonyl (C=O) groups excluding carboxylic acids is 1. The largest absolute Gasteiger partial charge is 0.469 e. The van der Waals surface area contributed by atoms with Crippen molar-refractivity contribution in [2.24, 2.45) is 5.92 Å². The van der Waals surface area contributed by atoms with Crippen LogP contribution in [-0.4, -0.2) is 27.8 Å². The molecule has 2 rings (SSSR count). The lowest BCUT2D eigenvalue weighted by atomic mass is 9.93.